The first-order valence-corrected chi connectivity index (χ1v) is 15.8. The Balaban J connectivity index is 1.20. The third kappa shape index (κ3) is 4.58. The van der Waals surface area contributed by atoms with E-state index in [1.807, 2.05) is 0 Å². The minimum atomic E-state index is -1.08. The minimum Gasteiger partial charge on any atom is -0.462 e. The van der Waals surface area contributed by atoms with Crippen LogP contribution < -0.4 is 0 Å². The molecule has 0 amide bonds. The zero-order valence-corrected chi connectivity index (χ0v) is 25.5. The molecule has 10 heteroatoms. The van der Waals surface area contributed by atoms with Gasteiger partial charge in [0.05, 0.1) is 17.8 Å². The van der Waals surface area contributed by atoms with E-state index in [-0.39, 0.29) is 41.9 Å². The zero-order chi connectivity index (χ0) is 30.2. The molecule has 0 unspecified atom stereocenters. The van der Waals surface area contributed by atoms with Crippen molar-refractivity contribution in [1.82, 2.24) is 0 Å². The maximum Gasteiger partial charge on any atom is 0.331 e. The number of carbonyl (C=O) groups is 2. The highest BCUT2D eigenvalue weighted by atomic mass is 16.7. The predicted molar refractivity (Wildman–Crippen MR) is 149 cm³/mol. The maximum absolute atomic E-state index is 12.7. The Morgan fingerprint density at radius 2 is 1.83 bits per heavy atom. The van der Waals surface area contributed by atoms with Crippen LogP contribution in [-0.2, 0) is 33.3 Å². The highest BCUT2D eigenvalue weighted by Gasteiger charge is 2.71. The van der Waals surface area contributed by atoms with E-state index in [1.165, 1.54) is 20.1 Å². The van der Waals surface area contributed by atoms with Gasteiger partial charge in [-0.25, -0.2) is 4.79 Å². The van der Waals surface area contributed by atoms with Gasteiger partial charge in [-0.3, -0.25) is 4.79 Å². The van der Waals surface area contributed by atoms with Crippen LogP contribution in [0.15, 0.2) is 11.6 Å². The Labute approximate surface area is 248 Å². The third-order valence-corrected chi connectivity index (χ3v) is 12.6. The SMILES string of the molecule is CO[C@@H]1[C@H](O)[C@H](O[C@@H]2CC[C@@]3(C)[C@H](CC[C@@H]4[C@@H]3CC[C@]3(C)[C@@H](C5=CC(=O)OC5)[C@@H](OC(C)=O)C[C@@]43O)C2)O[C@H](C)[C@@H]1O. The molecule has 0 radical (unpaired) electrons. The van der Waals surface area contributed by atoms with Gasteiger partial charge in [0.25, 0.3) is 0 Å². The summed E-state index contributed by atoms with van der Waals surface area (Å²) in [4.78, 5) is 24.2. The average molecular weight is 593 g/mol. The largest absolute Gasteiger partial charge is 0.462 e. The molecule has 10 nitrogen and oxygen atoms in total. The normalized spacial score (nSPS) is 52.0. The lowest BCUT2D eigenvalue weighted by molar-refractivity contribution is -0.313. The Hall–Kier alpha value is -1.56. The standard InChI is InChI=1S/C32H48O10/c1-16-26(35)28(38-5)27(36)29(40-16)42-20-8-10-30(3)19(13-20)6-7-22-21(30)9-11-31(4)25(18-12-24(34)39-15-18)23(41-17(2)33)14-32(22,31)37/h12,16,19-23,25-29,35-37H,6-11,13-15H2,1-5H3/t16-,19-,20-,21+,22-,23+,25+,26+,27+,28+,29+,30+,31-,32-/m1/s1. The van der Waals surface area contributed by atoms with Gasteiger partial charge in [0.2, 0.25) is 0 Å². The number of aliphatic hydroxyl groups is 3. The number of hydrogen-bond acceptors (Lipinski definition) is 10. The number of aliphatic hydroxyl groups excluding tert-OH is 2. The maximum atomic E-state index is 12.7. The predicted octanol–water partition coefficient (Wildman–Crippen LogP) is 2.65. The summed E-state index contributed by atoms with van der Waals surface area (Å²) in [5, 5.41) is 33.8. The first-order valence-electron chi connectivity index (χ1n) is 15.8. The smallest absolute Gasteiger partial charge is 0.331 e. The summed E-state index contributed by atoms with van der Waals surface area (Å²) in [6, 6.07) is 0. The molecule has 6 rings (SSSR count). The fourth-order valence-electron chi connectivity index (χ4n) is 10.4. The monoisotopic (exact) mass is 592 g/mol. The van der Waals surface area contributed by atoms with Gasteiger partial charge in [-0.05, 0) is 80.6 Å². The molecule has 2 heterocycles. The molecule has 1 saturated heterocycles. The molecule has 42 heavy (non-hydrogen) atoms. The molecule has 2 aliphatic heterocycles. The van der Waals surface area contributed by atoms with Crippen molar-refractivity contribution in [3.8, 4) is 0 Å². The van der Waals surface area contributed by atoms with Crippen LogP contribution in [0.25, 0.3) is 0 Å². The second kappa shape index (κ2) is 10.8. The van der Waals surface area contributed by atoms with Crippen LogP contribution in [0.1, 0.15) is 79.1 Å². The molecule has 14 atom stereocenters. The molecular formula is C32H48O10. The number of hydrogen-bond donors (Lipinski definition) is 3. The summed E-state index contributed by atoms with van der Waals surface area (Å²) in [6.45, 7) is 7.85. The van der Waals surface area contributed by atoms with Gasteiger partial charge in [-0.15, -0.1) is 0 Å². The Morgan fingerprint density at radius 3 is 2.50 bits per heavy atom. The van der Waals surface area contributed by atoms with Gasteiger partial charge in [0.15, 0.2) is 6.29 Å². The van der Waals surface area contributed by atoms with Gasteiger partial charge < -0.3 is 39.0 Å². The van der Waals surface area contributed by atoms with E-state index >= 15 is 0 Å². The molecule has 0 aromatic rings. The van der Waals surface area contributed by atoms with Crippen molar-refractivity contribution in [3.63, 3.8) is 0 Å². The van der Waals surface area contributed by atoms with Crippen molar-refractivity contribution < 1.29 is 48.6 Å². The Morgan fingerprint density at radius 1 is 1.07 bits per heavy atom. The molecule has 5 fully saturated rings. The van der Waals surface area contributed by atoms with Crippen LogP contribution in [0.2, 0.25) is 0 Å². The van der Waals surface area contributed by atoms with Crippen LogP contribution in [0.3, 0.4) is 0 Å². The lowest BCUT2D eigenvalue weighted by Gasteiger charge is -2.63. The van der Waals surface area contributed by atoms with E-state index in [2.05, 4.69) is 13.8 Å². The molecule has 0 aromatic carbocycles. The highest BCUT2D eigenvalue weighted by molar-refractivity contribution is 5.85. The van der Waals surface area contributed by atoms with Gasteiger partial charge in [0, 0.05) is 37.9 Å². The van der Waals surface area contributed by atoms with Crippen molar-refractivity contribution in [2.75, 3.05) is 13.7 Å². The van der Waals surface area contributed by atoms with E-state index in [0.717, 1.165) is 50.5 Å². The second-order valence-electron chi connectivity index (χ2n) is 14.5. The molecular weight excluding hydrogens is 544 g/mol. The topological polar surface area (TPSA) is 141 Å². The summed E-state index contributed by atoms with van der Waals surface area (Å²) in [6.07, 6.45) is 3.36. The first-order chi connectivity index (χ1) is 19.8. The van der Waals surface area contributed by atoms with E-state index in [9.17, 15) is 24.9 Å². The molecule has 0 aromatic heterocycles. The number of ether oxygens (including phenoxy) is 5. The minimum absolute atomic E-state index is 0.0190. The van der Waals surface area contributed by atoms with Crippen molar-refractivity contribution >= 4 is 11.9 Å². The summed E-state index contributed by atoms with van der Waals surface area (Å²) >= 11 is 0. The Bertz CT molecular complexity index is 1110. The number of carbonyl (C=O) groups excluding carboxylic acids is 2. The molecule has 3 N–H and O–H groups in total. The third-order valence-electron chi connectivity index (χ3n) is 12.6. The fraction of sp³-hybridized carbons (Fsp3) is 0.875. The molecule has 4 aliphatic carbocycles. The highest BCUT2D eigenvalue weighted by Crippen LogP contribution is 2.70. The molecule has 236 valence electrons. The molecule has 6 aliphatic rings. The molecule has 0 bridgehead atoms. The quantitative estimate of drug-likeness (QED) is 0.322. The number of cyclic esters (lactones) is 1. The van der Waals surface area contributed by atoms with E-state index in [0.29, 0.717) is 18.3 Å². The fourth-order valence-corrected chi connectivity index (χ4v) is 10.4. The van der Waals surface area contributed by atoms with Crippen LogP contribution in [0.5, 0.6) is 0 Å². The number of rotatable bonds is 5. The summed E-state index contributed by atoms with van der Waals surface area (Å²) in [5.74, 6) is -0.234. The average Bonchev–Trinajstić information content (AvgIpc) is 3.44. The summed E-state index contributed by atoms with van der Waals surface area (Å²) in [5.41, 5.74) is -0.720. The number of fused-ring (bicyclic) bond motifs is 5. The summed E-state index contributed by atoms with van der Waals surface area (Å²) < 4.78 is 28.7. The molecule has 0 spiro atoms. The Kier molecular flexibility index (Phi) is 7.84. The van der Waals surface area contributed by atoms with E-state index in [1.54, 1.807) is 6.92 Å². The van der Waals surface area contributed by atoms with Crippen LogP contribution in [0.4, 0.5) is 0 Å². The molecule has 4 saturated carbocycles. The van der Waals surface area contributed by atoms with Crippen LogP contribution in [0, 0.1) is 34.5 Å². The van der Waals surface area contributed by atoms with Crippen molar-refractivity contribution in [3.05, 3.63) is 11.6 Å². The van der Waals surface area contributed by atoms with Crippen LogP contribution in [-0.4, -0.2) is 89.5 Å². The van der Waals surface area contributed by atoms with Gasteiger partial charge in [-0.1, -0.05) is 13.8 Å². The second-order valence-corrected chi connectivity index (χ2v) is 14.5. The van der Waals surface area contributed by atoms with Crippen molar-refractivity contribution in [1.29, 1.82) is 0 Å². The summed E-state index contributed by atoms with van der Waals surface area (Å²) in [7, 11) is 1.47. The lowest BCUT2D eigenvalue weighted by atomic mass is 9.43. The lowest BCUT2D eigenvalue weighted by Crippen LogP contribution is -2.62. The van der Waals surface area contributed by atoms with Crippen LogP contribution >= 0.6 is 0 Å². The van der Waals surface area contributed by atoms with Crippen molar-refractivity contribution in [2.45, 2.75) is 128 Å². The zero-order valence-electron chi connectivity index (χ0n) is 25.5. The number of esters is 2. The van der Waals surface area contributed by atoms with E-state index < -0.39 is 47.8 Å². The first kappa shape index (κ1) is 30.5. The van der Waals surface area contributed by atoms with Gasteiger partial charge in [-0.2, -0.15) is 0 Å². The van der Waals surface area contributed by atoms with Gasteiger partial charge >= 0.3 is 11.9 Å². The van der Waals surface area contributed by atoms with Crippen molar-refractivity contribution in [2.24, 2.45) is 34.5 Å². The van der Waals surface area contributed by atoms with E-state index in [4.69, 9.17) is 23.7 Å². The number of methoxy groups -OCH3 is 1. The van der Waals surface area contributed by atoms with Gasteiger partial charge in [0.1, 0.15) is 31.0 Å².